The Kier molecular flexibility index (Phi) is 5.06. The van der Waals surface area contributed by atoms with E-state index in [9.17, 15) is 9.59 Å². The monoisotopic (exact) mass is 380 g/mol. The lowest BCUT2D eigenvalue weighted by Crippen LogP contribution is -2.54. The number of para-hydroxylation sites is 1. The van der Waals surface area contributed by atoms with Crippen LogP contribution in [0.15, 0.2) is 54.6 Å². The van der Waals surface area contributed by atoms with Gasteiger partial charge in [0.05, 0.1) is 13.2 Å². The number of carbonyl (C=O) groups is 2. The summed E-state index contributed by atoms with van der Waals surface area (Å²) in [6.07, 6.45) is 0. The molecule has 2 fully saturated rings. The van der Waals surface area contributed by atoms with Gasteiger partial charge in [0, 0.05) is 38.4 Å². The fourth-order valence-electron chi connectivity index (χ4n) is 3.77. The third-order valence-corrected chi connectivity index (χ3v) is 5.27. The van der Waals surface area contributed by atoms with Crippen LogP contribution in [-0.4, -0.2) is 66.1 Å². The average Bonchev–Trinajstić information content (AvgIpc) is 3.04. The molecule has 0 saturated carbocycles. The summed E-state index contributed by atoms with van der Waals surface area (Å²) in [6.45, 7) is 2.83. The zero-order valence-corrected chi connectivity index (χ0v) is 15.9. The van der Waals surface area contributed by atoms with E-state index in [0.717, 1.165) is 17.0 Å². The topological polar surface area (TPSA) is 65.1 Å². The highest BCUT2D eigenvalue weighted by molar-refractivity contribution is 5.89. The van der Waals surface area contributed by atoms with Crippen molar-refractivity contribution in [3.05, 3.63) is 60.2 Å². The van der Waals surface area contributed by atoms with Crippen molar-refractivity contribution in [1.29, 1.82) is 0 Å². The molecule has 1 unspecified atom stereocenters. The molecular formula is C21H24N4O3. The van der Waals surface area contributed by atoms with Crippen molar-refractivity contribution >= 4 is 17.7 Å². The number of rotatable bonds is 4. The number of carbonyl (C=O) groups excluding carboxylic acids is 2. The van der Waals surface area contributed by atoms with E-state index in [-0.39, 0.29) is 18.1 Å². The van der Waals surface area contributed by atoms with Crippen molar-refractivity contribution < 1.29 is 14.3 Å². The van der Waals surface area contributed by atoms with E-state index in [0.29, 0.717) is 32.7 Å². The number of nitrogens with one attached hydrogen (secondary N) is 1. The van der Waals surface area contributed by atoms with Gasteiger partial charge in [-0.1, -0.05) is 30.3 Å². The fourth-order valence-corrected chi connectivity index (χ4v) is 3.77. The summed E-state index contributed by atoms with van der Waals surface area (Å²) in [5.41, 5.74) is 1.84. The third-order valence-electron chi connectivity index (χ3n) is 5.27. The Labute approximate surface area is 164 Å². The molecule has 1 atom stereocenters. The lowest BCUT2D eigenvalue weighted by atomic mass is 10.2. The van der Waals surface area contributed by atoms with Gasteiger partial charge in [-0.05, 0) is 29.8 Å². The van der Waals surface area contributed by atoms with Crippen molar-refractivity contribution in [3.63, 3.8) is 0 Å². The molecule has 0 bridgehead atoms. The third kappa shape index (κ3) is 3.74. The predicted octanol–water partition coefficient (Wildman–Crippen LogP) is 2.85. The number of benzene rings is 2. The van der Waals surface area contributed by atoms with Crippen LogP contribution in [-0.2, 0) is 6.54 Å². The molecule has 2 aliphatic heterocycles. The highest BCUT2D eigenvalue weighted by Gasteiger charge is 2.41. The maximum atomic E-state index is 12.7. The number of hydrogen-bond acceptors (Lipinski definition) is 3. The van der Waals surface area contributed by atoms with Crippen molar-refractivity contribution in [2.75, 3.05) is 38.6 Å². The van der Waals surface area contributed by atoms with Gasteiger partial charge in [0.1, 0.15) is 5.75 Å². The minimum absolute atomic E-state index is 0.0287. The number of fused-ring (bicyclic) bond motifs is 1. The van der Waals surface area contributed by atoms with Crippen LogP contribution >= 0.6 is 0 Å². The second kappa shape index (κ2) is 7.80. The molecular weight excluding hydrogens is 356 g/mol. The van der Waals surface area contributed by atoms with Gasteiger partial charge >= 0.3 is 12.1 Å². The van der Waals surface area contributed by atoms with Gasteiger partial charge in [0.2, 0.25) is 0 Å². The van der Waals surface area contributed by atoms with Gasteiger partial charge in [0.25, 0.3) is 0 Å². The van der Waals surface area contributed by atoms with Crippen LogP contribution in [0.4, 0.5) is 15.3 Å². The number of ether oxygens (including phenoxy) is 1. The molecule has 0 radical (unpaired) electrons. The van der Waals surface area contributed by atoms with E-state index in [1.165, 1.54) is 0 Å². The van der Waals surface area contributed by atoms with Gasteiger partial charge in [-0.15, -0.1) is 0 Å². The van der Waals surface area contributed by atoms with Crippen LogP contribution in [0.25, 0.3) is 0 Å². The molecule has 28 heavy (non-hydrogen) atoms. The van der Waals surface area contributed by atoms with Crippen molar-refractivity contribution in [2.24, 2.45) is 0 Å². The standard InChI is InChI=1S/C21H24N4O3/c1-28-19-9-7-16(8-10-19)13-24-15-18-14-23(11-12-25(18)21(24)27)20(26)22-17-5-3-2-4-6-17/h2-10,18H,11-15H2,1H3,(H,22,26). The molecule has 4 amide bonds. The molecule has 2 heterocycles. The molecule has 1 N–H and O–H groups in total. The van der Waals surface area contributed by atoms with Gasteiger partial charge in [-0.2, -0.15) is 0 Å². The van der Waals surface area contributed by atoms with Crippen LogP contribution in [0.1, 0.15) is 5.56 Å². The summed E-state index contributed by atoms with van der Waals surface area (Å²) in [7, 11) is 1.64. The largest absolute Gasteiger partial charge is 0.497 e. The number of urea groups is 2. The van der Waals surface area contributed by atoms with Crippen LogP contribution in [0.5, 0.6) is 5.75 Å². The molecule has 2 aromatic rings. The summed E-state index contributed by atoms with van der Waals surface area (Å²) in [6, 6.07) is 17.1. The number of nitrogens with zero attached hydrogens (tertiary/aromatic N) is 3. The quantitative estimate of drug-likeness (QED) is 0.887. The summed E-state index contributed by atoms with van der Waals surface area (Å²) < 4.78 is 5.18. The Bertz CT molecular complexity index is 840. The summed E-state index contributed by atoms with van der Waals surface area (Å²) >= 11 is 0. The number of anilines is 1. The van der Waals surface area contributed by atoms with E-state index in [1.54, 1.807) is 12.0 Å². The SMILES string of the molecule is COc1ccc(CN2CC3CN(C(=O)Nc4ccccc4)CCN3C2=O)cc1. The molecule has 0 spiro atoms. The minimum Gasteiger partial charge on any atom is -0.497 e. The van der Waals surface area contributed by atoms with Crippen LogP contribution in [0.3, 0.4) is 0 Å². The minimum atomic E-state index is -0.119. The van der Waals surface area contributed by atoms with Crippen LogP contribution < -0.4 is 10.1 Å². The molecule has 0 aromatic heterocycles. The lowest BCUT2D eigenvalue weighted by Gasteiger charge is -2.36. The van der Waals surface area contributed by atoms with Crippen molar-refractivity contribution in [1.82, 2.24) is 14.7 Å². The van der Waals surface area contributed by atoms with E-state index in [1.807, 2.05) is 64.4 Å². The Morgan fingerprint density at radius 3 is 2.54 bits per heavy atom. The van der Waals surface area contributed by atoms with E-state index in [2.05, 4.69) is 5.32 Å². The van der Waals surface area contributed by atoms with Crippen LogP contribution in [0, 0.1) is 0 Å². The van der Waals surface area contributed by atoms with Gasteiger partial charge < -0.3 is 24.8 Å². The zero-order chi connectivity index (χ0) is 19.5. The first-order chi connectivity index (χ1) is 13.6. The Morgan fingerprint density at radius 2 is 1.82 bits per heavy atom. The van der Waals surface area contributed by atoms with Crippen LogP contribution in [0.2, 0.25) is 0 Å². The maximum Gasteiger partial charge on any atom is 0.321 e. The molecule has 2 aromatic carbocycles. The number of hydrogen-bond donors (Lipinski definition) is 1. The molecule has 0 aliphatic carbocycles. The maximum absolute atomic E-state index is 12.7. The molecule has 4 rings (SSSR count). The summed E-state index contributed by atoms with van der Waals surface area (Å²) in [4.78, 5) is 30.8. The van der Waals surface area contributed by atoms with Gasteiger partial charge in [0.15, 0.2) is 0 Å². The second-order valence-electron chi connectivity index (χ2n) is 7.10. The van der Waals surface area contributed by atoms with E-state index in [4.69, 9.17) is 4.74 Å². The Hall–Kier alpha value is -3.22. The summed E-state index contributed by atoms with van der Waals surface area (Å²) in [5, 5.41) is 2.92. The van der Waals surface area contributed by atoms with Gasteiger partial charge in [-0.25, -0.2) is 9.59 Å². The van der Waals surface area contributed by atoms with E-state index >= 15 is 0 Å². The molecule has 7 heteroatoms. The Balaban J connectivity index is 1.36. The first-order valence-corrected chi connectivity index (χ1v) is 9.43. The molecule has 2 saturated heterocycles. The fraction of sp³-hybridized carbons (Fsp3) is 0.333. The number of amides is 4. The van der Waals surface area contributed by atoms with Crippen molar-refractivity contribution in [3.8, 4) is 5.75 Å². The zero-order valence-electron chi connectivity index (χ0n) is 15.9. The molecule has 146 valence electrons. The molecule has 2 aliphatic rings. The second-order valence-corrected chi connectivity index (χ2v) is 7.10. The first kappa shape index (κ1) is 18.2. The smallest absolute Gasteiger partial charge is 0.321 e. The highest BCUT2D eigenvalue weighted by atomic mass is 16.5. The number of methoxy groups -OCH3 is 1. The summed E-state index contributed by atoms with van der Waals surface area (Å²) in [5.74, 6) is 0.800. The lowest BCUT2D eigenvalue weighted by molar-refractivity contribution is 0.135. The highest BCUT2D eigenvalue weighted by Crippen LogP contribution is 2.23. The predicted molar refractivity (Wildman–Crippen MR) is 106 cm³/mol. The van der Waals surface area contributed by atoms with Gasteiger partial charge in [-0.3, -0.25) is 0 Å². The molecule has 7 nitrogen and oxygen atoms in total. The van der Waals surface area contributed by atoms with E-state index < -0.39 is 0 Å². The Morgan fingerprint density at radius 1 is 1.07 bits per heavy atom. The average molecular weight is 380 g/mol. The number of piperazine rings is 1. The normalized spacial score (nSPS) is 18.8. The first-order valence-electron chi connectivity index (χ1n) is 9.43. The van der Waals surface area contributed by atoms with Crippen molar-refractivity contribution in [2.45, 2.75) is 12.6 Å².